The largest absolute Gasteiger partial charge is 0.444 e. The van der Waals surface area contributed by atoms with Gasteiger partial charge >= 0.3 is 6.09 Å². The monoisotopic (exact) mass is 285 g/mol. The number of carbonyl (C=O) groups excluding carboxylic acids is 1. The lowest BCUT2D eigenvalue weighted by atomic mass is 9.85. The number of halogens is 1. The summed E-state index contributed by atoms with van der Waals surface area (Å²) in [4.78, 5) is 13.4. The topological polar surface area (TPSA) is 38.8 Å². The van der Waals surface area contributed by atoms with Gasteiger partial charge in [-0.15, -0.1) is 0 Å². The van der Waals surface area contributed by atoms with Crippen LogP contribution in [0.2, 0.25) is 0 Å². The summed E-state index contributed by atoms with van der Waals surface area (Å²) in [6.07, 6.45) is 4.38. The third kappa shape index (κ3) is 3.51. The summed E-state index contributed by atoms with van der Waals surface area (Å²) in [7, 11) is 0. The number of hydrogen-bond acceptors (Lipinski definition) is 3. The van der Waals surface area contributed by atoms with Crippen molar-refractivity contribution in [2.45, 2.75) is 57.4 Å². The van der Waals surface area contributed by atoms with Crippen molar-refractivity contribution >= 4 is 6.09 Å². The van der Waals surface area contributed by atoms with E-state index in [4.69, 9.17) is 9.47 Å². The fourth-order valence-corrected chi connectivity index (χ4v) is 2.67. The average molecular weight is 285 g/mol. The predicted octanol–water partition coefficient (Wildman–Crippen LogP) is 3.07. The van der Waals surface area contributed by atoms with Crippen LogP contribution in [-0.2, 0) is 9.47 Å². The zero-order valence-corrected chi connectivity index (χ0v) is 12.5. The van der Waals surface area contributed by atoms with Crippen molar-refractivity contribution in [2.75, 3.05) is 19.7 Å². The van der Waals surface area contributed by atoms with E-state index in [9.17, 15) is 9.18 Å². The summed E-state index contributed by atoms with van der Waals surface area (Å²) in [6.45, 7) is 6.41. The summed E-state index contributed by atoms with van der Waals surface area (Å²) in [5.41, 5.74) is -1.29. The molecule has 5 heteroatoms. The number of likely N-dealkylation sites (tertiary alicyclic amines) is 1. The zero-order chi connectivity index (χ0) is 14.8. The van der Waals surface area contributed by atoms with Crippen LogP contribution in [0.5, 0.6) is 0 Å². The molecule has 0 bridgehead atoms. The second-order valence-corrected chi connectivity index (χ2v) is 6.53. The van der Waals surface area contributed by atoms with Crippen LogP contribution in [0.15, 0.2) is 12.2 Å². The highest BCUT2D eigenvalue weighted by molar-refractivity contribution is 5.68. The first-order valence-corrected chi connectivity index (χ1v) is 7.23. The molecular weight excluding hydrogens is 261 g/mol. The lowest BCUT2D eigenvalue weighted by molar-refractivity contribution is -0.123. The van der Waals surface area contributed by atoms with E-state index in [1.165, 1.54) is 4.90 Å². The molecule has 1 amide bonds. The highest BCUT2D eigenvalue weighted by Crippen LogP contribution is 2.35. The van der Waals surface area contributed by atoms with Crippen LogP contribution in [0, 0.1) is 0 Å². The third-order valence-electron chi connectivity index (χ3n) is 3.78. The highest BCUT2D eigenvalue weighted by atomic mass is 19.1. The van der Waals surface area contributed by atoms with Gasteiger partial charge in [0.25, 0.3) is 0 Å². The number of rotatable bonds is 0. The average Bonchev–Trinajstić information content (AvgIpc) is 2.57. The van der Waals surface area contributed by atoms with Gasteiger partial charge in [0.1, 0.15) is 17.4 Å². The van der Waals surface area contributed by atoms with Crippen LogP contribution in [0.3, 0.4) is 0 Å². The predicted molar refractivity (Wildman–Crippen MR) is 74.4 cm³/mol. The Morgan fingerprint density at radius 3 is 2.80 bits per heavy atom. The van der Waals surface area contributed by atoms with Gasteiger partial charge in [-0.3, -0.25) is 0 Å². The quantitative estimate of drug-likeness (QED) is 0.642. The molecule has 4 nitrogen and oxygen atoms in total. The Hall–Kier alpha value is -1.10. The van der Waals surface area contributed by atoms with Gasteiger partial charge in [0, 0.05) is 6.54 Å². The Bertz CT molecular complexity index is 379. The van der Waals surface area contributed by atoms with Crippen LogP contribution in [0.1, 0.15) is 40.0 Å². The van der Waals surface area contributed by atoms with Crippen molar-refractivity contribution in [3.8, 4) is 0 Å². The Kier molecular flexibility index (Phi) is 4.37. The maximum absolute atomic E-state index is 14.5. The lowest BCUT2D eigenvalue weighted by Gasteiger charge is -2.43. The van der Waals surface area contributed by atoms with E-state index >= 15 is 0 Å². The van der Waals surface area contributed by atoms with Gasteiger partial charge in [-0.05, 0) is 40.0 Å². The van der Waals surface area contributed by atoms with Crippen molar-refractivity contribution in [1.29, 1.82) is 0 Å². The van der Waals surface area contributed by atoms with Crippen molar-refractivity contribution in [1.82, 2.24) is 4.90 Å². The van der Waals surface area contributed by atoms with Gasteiger partial charge in [-0.2, -0.15) is 0 Å². The van der Waals surface area contributed by atoms with E-state index in [-0.39, 0.29) is 6.54 Å². The first kappa shape index (κ1) is 15.3. The van der Waals surface area contributed by atoms with E-state index in [1.807, 2.05) is 32.9 Å². The Labute approximate surface area is 119 Å². The molecule has 0 unspecified atom stereocenters. The fraction of sp³-hybridized carbons (Fsp3) is 0.800. The lowest BCUT2D eigenvalue weighted by Crippen LogP contribution is -2.56. The molecule has 0 saturated carbocycles. The van der Waals surface area contributed by atoms with Crippen LogP contribution >= 0.6 is 0 Å². The summed E-state index contributed by atoms with van der Waals surface area (Å²) in [5.74, 6) is 0. The number of piperidine rings is 1. The molecule has 1 spiro atoms. The molecule has 2 heterocycles. The van der Waals surface area contributed by atoms with Crippen LogP contribution in [0.25, 0.3) is 0 Å². The van der Waals surface area contributed by atoms with Gasteiger partial charge < -0.3 is 14.4 Å². The number of ether oxygens (including phenoxy) is 2. The molecule has 2 rings (SSSR count). The minimum atomic E-state index is -1.16. The van der Waals surface area contributed by atoms with Crippen molar-refractivity contribution in [2.24, 2.45) is 0 Å². The molecule has 0 N–H and O–H groups in total. The smallest absolute Gasteiger partial charge is 0.410 e. The number of allylic oxidation sites excluding steroid dienone is 1. The number of nitrogens with zero attached hydrogens (tertiary/aromatic N) is 1. The second kappa shape index (κ2) is 5.72. The van der Waals surface area contributed by atoms with E-state index in [1.54, 1.807) is 0 Å². The molecule has 0 aromatic carbocycles. The van der Waals surface area contributed by atoms with Crippen LogP contribution in [0.4, 0.5) is 9.18 Å². The first-order valence-electron chi connectivity index (χ1n) is 7.23. The molecule has 0 aromatic heterocycles. The summed E-state index contributed by atoms with van der Waals surface area (Å²) in [6, 6.07) is 0. The van der Waals surface area contributed by atoms with E-state index in [2.05, 4.69) is 0 Å². The summed E-state index contributed by atoms with van der Waals surface area (Å²) in [5, 5.41) is 0. The number of carbonyl (C=O) groups is 1. The first-order chi connectivity index (χ1) is 9.32. The fourth-order valence-electron chi connectivity index (χ4n) is 2.67. The molecule has 0 radical (unpaired) electrons. The van der Waals surface area contributed by atoms with E-state index in [0.29, 0.717) is 26.0 Å². The normalized spacial score (nSPS) is 31.2. The molecule has 0 aliphatic carbocycles. The SMILES string of the molecule is CC(C)(C)OC(=O)N1CC[C@@]2(CCC=CCO2)[C@H](F)C1. The number of hydrogen-bond donors (Lipinski definition) is 0. The minimum Gasteiger partial charge on any atom is -0.444 e. The van der Waals surface area contributed by atoms with Crippen molar-refractivity contribution in [3.05, 3.63) is 12.2 Å². The molecule has 114 valence electrons. The molecule has 20 heavy (non-hydrogen) atoms. The van der Waals surface area contributed by atoms with Gasteiger partial charge in [0.2, 0.25) is 0 Å². The maximum atomic E-state index is 14.5. The zero-order valence-electron chi connectivity index (χ0n) is 12.5. The van der Waals surface area contributed by atoms with Crippen molar-refractivity contribution < 1.29 is 18.7 Å². The van der Waals surface area contributed by atoms with E-state index in [0.717, 1.165) is 6.42 Å². The van der Waals surface area contributed by atoms with Gasteiger partial charge in [0.15, 0.2) is 0 Å². The van der Waals surface area contributed by atoms with Gasteiger partial charge in [0.05, 0.1) is 13.2 Å². The molecule has 1 fully saturated rings. The minimum absolute atomic E-state index is 0.0505. The summed E-state index contributed by atoms with van der Waals surface area (Å²) < 4.78 is 25.6. The number of amides is 1. The highest BCUT2D eigenvalue weighted by Gasteiger charge is 2.46. The molecular formula is C15H24FNO3. The molecule has 1 saturated heterocycles. The second-order valence-electron chi connectivity index (χ2n) is 6.53. The van der Waals surface area contributed by atoms with Crippen LogP contribution in [-0.4, -0.2) is 48.1 Å². The Balaban J connectivity index is 1.96. The molecule has 2 atom stereocenters. The molecule has 2 aliphatic rings. The maximum Gasteiger partial charge on any atom is 0.410 e. The van der Waals surface area contributed by atoms with Crippen molar-refractivity contribution in [3.63, 3.8) is 0 Å². The Morgan fingerprint density at radius 2 is 2.15 bits per heavy atom. The standard InChI is InChI=1S/C15H24FNO3/c1-14(2,3)20-13(18)17-9-8-15(12(16)11-17)7-5-4-6-10-19-15/h4,6,12H,5,7-11H2,1-3H3/t12-,15+/m1/s1. The van der Waals surface area contributed by atoms with Crippen LogP contribution < -0.4 is 0 Å². The van der Waals surface area contributed by atoms with E-state index < -0.39 is 23.5 Å². The Morgan fingerprint density at radius 1 is 1.40 bits per heavy atom. The van der Waals surface area contributed by atoms with Gasteiger partial charge in [-0.1, -0.05) is 12.2 Å². The molecule has 0 aromatic rings. The third-order valence-corrected chi connectivity index (χ3v) is 3.78. The summed E-state index contributed by atoms with van der Waals surface area (Å²) >= 11 is 0. The van der Waals surface area contributed by atoms with Gasteiger partial charge in [-0.25, -0.2) is 9.18 Å². The number of alkyl halides is 1. The molecule has 2 aliphatic heterocycles.